The molecule has 98 valence electrons. The number of rotatable bonds is 3. The van der Waals surface area contributed by atoms with Crippen molar-refractivity contribution < 1.29 is 5.11 Å². The summed E-state index contributed by atoms with van der Waals surface area (Å²) in [7, 11) is 0. The van der Waals surface area contributed by atoms with Crippen molar-refractivity contribution in [2.75, 3.05) is 6.54 Å². The molecular weight excluding hydrogens is 240 g/mol. The Morgan fingerprint density at radius 1 is 1.37 bits per heavy atom. The zero-order valence-corrected chi connectivity index (χ0v) is 10.6. The summed E-state index contributed by atoms with van der Waals surface area (Å²) < 4.78 is 0. The molecule has 0 radical (unpaired) electrons. The van der Waals surface area contributed by atoms with Crippen molar-refractivity contribution in [3.05, 3.63) is 42.0 Å². The molecule has 0 bridgehead atoms. The Hall–Kier alpha value is -2.11. The van der Waals surface area contributed by atoms with Gasteiger partial charge in [-0.1, -0.05) is 18.2 Å². The Bertz CT molecular complexity index is 713. The third-order valence-corrected chi connectivity index (χ3v) is 3.29. The maximum Gasteiger partial charge on any atom is 0.137 e. The topological polar surface area (TPSA) is 90.7 Å². The van der Waals surface area contributed by atoms with Gasteiger partial charge in [-0.05, 0) is 13.0 Å². The molecule has 0 aliphatic rings. The Kier molecular flexibility index (Phi) is 2.85. The molecule has 0 spiro atoms. The molecule has 5 heteroatoms. The lowest BCUT2D eigenvalue weighted by molar-refractivity contribution is 0.177. The average Bonchev–Trinajstić information content (AvgIpc) is 3.01. The van der Waals surface area contributed by atoms with Gasteiger partial charge in [-0.15, -0.1) is 0 Å². The largest absolute Gasteiger partial charge is 0.384 e. The van der Waals surface area contributed by atoms with Gasteiger partial charge < -0.3 is 20.8 Å². The lowest BCUT2D eigenvalue weighted by Crippen LogP contribution is -2.12. The van der Waals surface area contributed by atoms with Crippen LogP contribution in [0.5, 0.6) is 0 Å². The van der Waals surface area contributed by atoms with E-state index in [2.05, 4.69) is 15.0 Å². The van der Waals surface area contributed by atoms with E-state index >= 15 is 0 Å². The number of benzene rings is 1. The number of nitrogens with two attached hydrogens (primary N) is 1. The van der Waals surface area contributed by atoms with E-state index in [0.717, 1.165) is 27.9 Å². The van der Waals surface area contributed by atoms with E-state index in [0.29, 0.717) is 5.82 Å². The van der Waals surface area contributed by atoms with Gasteiger partial charge in [-0.3, -0.25) is 0 Å². The van der Waals surface area contributed by atoms with Crippen molar-refractivity contribution in [2.24, 2.45) is 5.73 Å². The van der Waals surface area contributed by atoms with Crippen molar-refractivity contribution in [1.82, 2.24) is 15.0 Å². The molecule has 5 nitrogen and oxygen atoms in total. The lowest BCUT2D eigenvalue weighted by atomic mass is 10.1. The molecule has 5 N–H and O–H groups in total. The number of imidazole rings is 1. The van der Waals surface area contributed by atoms with Crippen LogP contribution in [0.15, 0.2) is 30.5 Å². The van der Waals surface area contributed by atoms with Crippen molar-refractivity contribution in [3.8, 4) is 11.3 Å². The molecule has 0 aliphatic heterocycles. The summed E-state index contributed by atoms with van der Waals surface area (Å²) in [6.07, 6.45) is 1.18. The first-order valence-corrected chi connectivity index (χ1v) is 6.22. The summed E-state index contributed by atoms with van der Waals surface area (Å²) in [4.78, 5) is 10.8. The summed E-state index contributed by atoms with van der Waals surface area (Å²) >= 11 is 0. The number of H-pyrrole nitrogens is 2. The zero-order valence-electron chi connectivity index (χ0n) is 10.6. The Morgan fingerprint density at radius 3 is 2.95 bits per heavy atom. The van der Waals surface area contributed by atoms with Crippen LogP contribution in [0.4, 0.5) is 0 Å². The molecule has 3 rings (SSSR count). The molecule has 19 heavy (non-hydrogen) atoms. The molecule has 1 unspecified atom stereocenters. The first-order valence-electron chi connectivity index (χ1n) is 6.22. The number of nitrogens with zero attached hydrogens (tertiary/aromatic N) is 1. The van der Waals surface area contributed by atoms with E-state index in [1.54, 1.807) is 0 Å². The summed E-state index contributed by atoms with van der Waals surface area (Å²) in [5.41, 5.74) is 9.32. The van der Waals surface area contributed by atoms with Crippen LogP contribution in [0, 0.1) is 6.92 Å². The second kappa shape index (κ2) is 4.53. The van der Waals surface area contributed by atoms with E-state index in [9.17, 15) is 5.11 Å². The first kappa shape index (κ1) is 12.0. The van der Waals surface area contributed by atoms with Crippen LogP contribution in [0.3, 0.4) is 0 Å². The van der Waals surface area contributed by atoms with Gasteiger partial charge in [-0.2, -0.15) is 0 Å². The second-order valence-electron chi connectivity index (χ2n) is 4.60. The predicted octanol–water partition coefficient (Wildman–Crippen LogP) is 1.86. The summed E-state index contributed by atoms with van der Waals surface area (Å²) in [6, 6.07) is 8.06. The molecule has 1 atom stereocenters. The lowest BCUT2D eigenvalue weighted by Gasteiger charge is -2.01. The van der Waals surface area contributed by atoms with Crippen LogP contribution in [0.2, 0.25) is 0 Å². The van der Waals surface area contributed by atoms with Gasteiger partial charge in [0.1, 0.15) is 11.9 Å². The highest BCUT2D eigenvalue weighted by atomic mass is 16.3. The summed E-state index contributed by atoms with van der Waals surface area (Å²) in [5, 5.41) is 10.9. The highest BCUT2D eigenvalue weighted by Crippen LogP contribution is 2.30. The minimum absolute atomic E-state index is 0.153. The van der Waals surface area contributed by atoms with Crippen molar-refractivity contribution in [3.63, 3.8) is 0 Å². The van der Waals surface area contributed by atoms with Gasteiger partial charge in [-0.25, -0.2) is 4.98 Å². The third-order valence-electron chi connectivity index (χ3n) is 3.29. The van der Waals surface area contributed by atoms with Gasteiger partial charge in [0.15, 0.2) is 0 Å². The number of hydrogen-bond donors (Lipinski definition) is 4. The van der Waals surface area contributed by atoms with E-state index in [4.69, 9.17) is 5.73 Å². The van der Waals surface area contributed by atoms with E-state index < -0.39 is 6.10 Å². The second-order valence-corrected chi connectivity index (χ2v) is 4.60. The number of aromatic nitrogens is 3. The number of hydrogen-bond acceptors (Lipinski definition) is 3. The van der Waals surface area contributed by atoms with E-state index in [-0.39, 0.29) is 6.54 Å². The summed E-state index contributed by atoms with van der Waals surface area (Å²) in [6.45, 7) is 2.09. The van der Waals surface area contributed by atoms with Gasteiger partial charge in [0.05, 0.1) is 5.69 Å². The Labute approximate surface area is 110 Å². The third kappa shape index (κ3) is 1.93. The number of para-hydroxylation sites is 1. The predicted molar refractivity (Wildman–Crippen MR) is 74.6 cm³/mol. The highest BCUT2D eigenvalue weighted by Gasteiger charge is 2.16. The summed E-state index contributed by atoms with van der Waals surface area (Å²) in [5.74, 6) is 0.514. The van der Waals surface area contributed by atoms with Crippen LogP contribution in [0.1, 0.15) is 17.6 Å². The van der Waals surface area contributed by atoms with Crippen molar-refractivity contribution >= 4 is 10.9 Å². The zero-order chi connectivity index (χ0) is 13.4. The standard InChI is InChI=1S/C14H16N4O/c1-8-13(18-14(17-8)12(19)6-15)10-7-16-11-5-3-2-4-9(10)11/h2-5,7,12,16,19H,6,15H2,1H3,(H,17,18). The van der Waals surface area contributed by atoms with Crippen LogP contribution in [-0.2, 0) is 0 Å². The normalized spacial score (nSPS) is 13.0. The number of aromatic amines is 2. The maximum atomic E-state index is 9.75. The number of nitrogens with one attached hydrogen (secondary N) is 2. The van der Waals surface area contributed by atoms with E-state index in [1.807, 2.05) is 37.4 Å². The van der Waals surface area contributed by atoms with Crippen LogP contribution in [0.25, 0.3) is 22.2 Å². The molecule has 0 saturated carbocycles. The molecule has 1 aromatic carbocycles. The average molecular weight is 256 g/mol. The maximum absolute atomic E-state index is 9.75. The van der Waals surface area contributed by atoms with Crippen molar-refractivity contribution in [2.45, 2.75) is 13.0 Å². The van der Waals surface area contributed by atoms with Crippen LogP contribution in [-0.4, -0.2) is 26.6 Å². The molecule has 2 aromatic heterocycles. The van der Waals surface area contributed by atoms with E-state index in [1.165, 1.54) is 0 Å². The minimum Gasteiger partial charge on any atom is -0.384 e. The number of aryl methyl sites for hydroxylation is 1. The molecule has 0 fully saturated rings. The molecule has 0 aliphatic carbocycles. The fraction of sp³-hybridized carbons (Fsp3) is 0.214. The monoisotopic (exact) mass is 256 g/mol. The molecule has 2 heterocycles. The first-order chi connectivity index (χ1) is 9.20. The quantitative estimate of drug-likeness (QED) is 0.576. The molecular formula is C14H16N4O. The van der Waals surface area contributed by atoms with Crippen LogP contribution >= 0.6 is 0 Å². The van der Waals surface area contributed by atoms with Gasteiger partial charge >= 0.3 is 0 Å². The molecule has 0 amide bonds. The van der Waals surface area contributed by atoms with Crippen LogP contribution < -0.4 is 5.73 Å². The molecule has 3 aromatic rings. The Balaban J connectivity index is 2.14. The molecule has 0 saturated heterocycles. The van der Waals surface area contributed by atoms with Crippen molar-refractivity contribution in [1.29, 1.82) is 0 Å². The minimum atomic E-state index is -0.752. The number of fused-ring (bicyclic) bond motifs is 1. The fourth-order valence-corrected chi connectivity index (χ4v) is 2.28. The number of aliphatic hydroxyl groups excluding tert-OH is 1. The number of aliphatic hydroxyl groups is 1. The van der Waals surface area contributed by atoms with Gasteiger partial charge in [0.25, 0.3) is 0 Å². The fourth-order valence-electron chi connectivity index (χ4n) is 2.28. The Morgan fingerprint density at radius 2 is 2.16 bits per heavy atom. The van der Waals surface area contributed by atoms with Gasteiger partial charge in [0.2, 0.25) is 0 Å². The van der Waals surface area contributed by atoms with Gasteiger partial charge in [0, 0.05) is 34.9 Å². The SMILES string of the molecule is Cc1[nH]c(C(O)CN)nc1-c1c[nH]c2ccccc12. The highest BCUT2D eigenvalue weighted by molar-refractivity contribution is 5.95. The smallest absolute Gasteiger partial charge is 0.137 e.